The van der Waals surface area contributed by atoms with Gasteiger partial charge in [-0.1, -0.05) is 0 Å². The fourth-order valence-electron chi connectivity index (χ4n) is 2.71. The molecule has 0 aliphatic heterocycles. The third-order valence-electron chi connectivity index (χ3n) is 4.10. The predicted molar refractivity (Wildman–Crippen MR) is 104 cm³/mol. The van der Waals surface area contributed by atoms with E-state index in [4.69, 9.17) is 4.74 Å². The van der Waals surface area contributed by atoms with Gasteiger partial charge in [-0.05, 0) is 49.9 Å². The number of aromatic amines is 2. The van der Waals surface area contributed by atoms with Gasteiger partial charge >= 0.3 is 5.69 Å². The number of H-pyrrole nitrogens is 2. The highest BCUT2D eigenvalue weighted by Crippen LogP contribution is 2.30. The number of aromatic nitrogens is 2. The number of rotatable bonds is 6. The van der Waals surface area contributed by atoms with E-state index in [0.29, 0.717) is 16.6 Å². The van der Waals surface area contributed by atoms with Crippen molar-refractivity contribution in [3.05, 3.63) is 46.4 Å². The molecule has 0 aliphatic rings. The summed E-state index contributed by atoms with van der Waals surface area (Å²) in [6, 6.07) is 6.66. The number of benzene rings is 2. The highest BCUT2D eigenvalue weighted by Gasteiger charge is 2.22. The quantitative estimate of drug-likeness (QED) is 0.459. The minimum Gasteiger partial charge on any atom is -0.495 e. The van der Waals surface area contributed by atoms with Crippen LogP contribution in [0.1, 0.15) is 5.56 Å². The molecule has 0 aliphatic carbocycles. The van der Waals surface area contributed by atoms with Crippen molar-refractivity contribution in [1.82, 2.24) is 14.7 Å². The molecule has 0 bridgehead atoms. The Morgan fingerprint density at radius 3 is 2.21 bits per heavy atom. The number of hydrogen-bond donors (Lipinski definition) is 4. The van der Waals surface area contributed by atoms with E-state index >= 15 is 0 Å². The molecule has 0 unspecified atom stereocenters. The summed E-state index contributed by atoms with van der Waals surface area (Å²) in [7, 11) is -5.31. The van der Waals surface area contributed by atoms with E-state index in [1.165, 1.54) is 38.4 Å². The Morgan fingerprint density at radius 1 is 0.964 bits per heavy atom. The molecule has 0 atom stereocenters. The van der Waals surface area contributed by atoms with Crippen molar-refractivity contribution in [3.8, 4) is 5.75 Å². The summed E-state index contributed by atoms with van der Waals surface area (Å²) in [5.41, 5.74) is 0.702. The fourth-order valence-corrected chi connectivity index (χ4v) is 4.78. The van der Waals surface area contributed by atoms with Crippen molar-refractivity contribution in [1.29, 1.82) is 0 Å². The molecule has 12 heteroatoms. The highest BCUT2D eigenvalue weighted by molar-refractivity contribution is 7.92. The van der Waals surface area contributed by atoms with Crippen molar-refractivity contribution in [2.24, 2.45) is 0 Å². The zero-order valence-corrected chi connectivity index (χ0v) is 16.8. The smallest absolute Gasteiger partial charge is 0.323 e. The molecule has 28 heavy (non-hydrogen) atoms. The van der Waals surface area contributed by atoms with Crippen LogP contribution in [0.4, 0.5) is 5.69 Å². The van der Waals surface area contributed by atoms with Gasteiger partial charge in [-0.2, -0.15) is 0 Å². The first kappa shape index (κ1) is 19.9. The highest BCUT2D eigenvalue weighted by atomic mass is 32.2. The van der Waals surface area contributed by atoms with E-state index in [1.54, 1.807) is 6.92 Å². The Hall–Kier alpha value is -2.83. The lowest BCUT2D eigenvalue weighted by Crippen LogP contribution is -2.19. The number of anilines is 1. The molecule has 0 radical (unpaired) electrons. The molecule has 150 valence electrons. The molecule has 1 aromatic heterocycles. The Balaban J connectivity index is 2.11. The Kier molecular flexibility index (Phi) is 4.95. The first-order valence-corrected chi connectivity index (χ1v) is 10.9. The van der Waals surface area contributed by atoms with Crippen LogP contribution in [0.15, 0.2) is 44.9 Å². The lowest BCUT2D eigenvalue weighted by molar-refractivity contribution is 0.416. The van der Waals surface area contributed by atoms with E-state index < -0.39 is 25.7 Å². The molecule has 0 saturated carbocycles. The van der Waals surface area contributed by atoms with Crippen molar-refractivity contribution in [2.45, 2.75) is 16.7 Å². The first-order chi connectivity index (χ1) is 13.1. The van der Waals surface area contributed by atoms with Gasteiger partial charge in [0.1, 0.15) is 5.75 Å². The van der Waals surface area contributed by atoms with Crippen LogP contribution >= 0.6 is 0 Å². The summed E-state index contributed by atoms with van der Waals surface area (Å²) in [4.78, 5) is 16.3. The van der Waals surface area contributed by atoms with Gasteiger partial charge in [-0.15, -0.1) is 0 Å². The van der Waals surface area contributed by atoms with Crippen molar-refractivity contribution in [3.63, 3.8) is 0 Å². The minimum absolute atomic E-state index is 0.0408. The van der Waals surface area contributed by atoms with Crippen LogP contribution in [-0.4, -0.2) is 41.0 Å². The van der Waals surface area contributed by atoms with Crippen molar-refractivity contribution >= 4 is 36.8 Å². The molecule has 1 heterocycles. The summed E-state index contributed by atoms with van der Waals surface area (Å²) >= 11 is 0. The Labute approximate surface area is 161 Å². The zero-order chi connectivity index (χ0) is 20.7. The molecule has 2 aromatic carbocycles. The molecule has 0 fully saturated rings. The van der Waals surface area contributed by atoms with Gasteiger partial charge in [0.2, 0.25) is 10.0 Å². The largest absolute Gasteiger partial charge is 0.495 e. The maximum Gasteiger partial charge on any atom is 0.323 e. The SMILES string of the molecule is CNS(=O)(=O)c1ccc(OC)c(NS(=O)(=O)c2cc3[nH]c(=O)[nH]c3cc2C)c1. The zero-order valence-electron chi connectivity index (χ0n) is 15.2. The van der Waals surface area contributed by atoms with Gasteiger partial charge in [-0.3, -0.25) is 4.72 Å². The Bertz CT molecular complexity index is 1320. The maximum atomic E-state index is 12.9. The number of hydrogen-bond acceptors (Lipinski definition) is 6. The van der Waals surface area contributed by atoms with Crippen LogP contribution < -0.4 is 19.9 Å². The average molecular weight is 426 g/mol. The summed E-state index contributed by atoms with van der Waals surface area (Å²) in [5, 5.41) is 0. The van der Waals surface area contributed by atoms with Crippen LogP contribution in [0, 0.1) is 6.92 Å². The molecule has 3 rings (SSSR count). The van der Waals surface area contributed by atoms with Crippen LogP contribution in [-0.2, 0) is 20.0 Å². The van der Waals surface area contributed by atoms with E-state index in [1.807, 2.05) is 0 Å². The summed E-state index contributed by atoms with van der Waals surface area (Å²) in [6.45, 7) is 1.58. The van der Waals surface area contributed by atoms with Crippen molar-refractivity contribution in [2.75, 3.05) is 18.9 Å². The van der Waals surface area contributed by atoms with Crippen LogP contribution in [0.5, 0.6) is 5.75 Å². The first-order valence-electron chi connectivity index (χ1n) is 7.94. The number of methoxy groups -OCH3 is 1. The number of nitrogens with one attached hydrogen (secondary N) is 4. The standard InChI is InChI=1S/C16H18N4O6S2/c1-9-6-11-12(19-16(21)18-11)8-15(9)28(24,25)20-13-7-10(27(22,23)17-2)4-5-14(13)26-3/h4-8,17,20H,1-3H3,(H2,18,19,21). The predicted octanol–water partition coefficient (Wildman–Crippen LogP) is 0.882. The molecule has 4 N–H and O–H groups in total. The third-order valence-corrected chi connectivity index (χ3v) is 7.01. The summed E-state index contributed by atoms with van der Waals surface area (Å²) in [5.74, 6) is 0.146. The van der Waals surface area contributed by atoms with E-state index in [9.17, 15) is 21.6 Å². The van der Waals surface area contributed by atoms with Gasteiger partial charge in [0.05, 0.1) is 33.6 Å². The summed E-state index contributed by atoms with van der Waals surface area (Å²) in [6.07, 6.45) is 0. The molecular formula is C16H18N4O6S2. The molecule has 10 nitrogen and oxygen atoms in total. The number of sulfonamides is 2. The second kappa shape index (κ2) is 6.96. The second-order valence-corrected chi connectivity index (χ2v) is 9.45. The lowest BCUT2D eigenvalue weighted by Gasteiger charge is -2.14. The number of ether oxygens (including phenoxy) is 1. The van der Waals surface area contributed by atoms with Crippen LogP contribution in [0.3, 0.4) is 0 Å². The molecule has 0 spiro atoms. The van der Waals surface area contributed by atoms with E-state index in [-0.39, 0.29) is 21.2 Å². The lowest BCUT2D eigenvalue weighted by atomic mass is 10.2. The summed E-state index contributed by atoms with van der Waals surface area (Å²) < 4.78 is 59.6. The molecule has 0 saturated heterocycles. The maximum absolute atomic E-state index is 12.9. The molecular weight excluding hydrogens is 408 g/mol. The fraction of sp³-hybridized carbons (Fsp3) is 0.188. The van der Waals surface area contributed by atoms with Gasteiger partial charge in [-0.25, -0.2) is 26.4 Å². The molecule has 3 aromatic rings. The monoisotopic (exact) mass is 426 g/mol. The van der Waals surface area contributed by atoms with Gasteiger partial charge in [0, 0.05) is 0 Å². The van der Waals surface area contributed by atoms with E-state index in [0.717, 1.165) is 6.07 Å². The number of imidazole rings is 1. The van der Waals surface area contributed by atoms with Crippen LogP contribution in [0.2, 0.25) is 0 Å². The minimum atomic E-state index is -4.11. The van der Waals surface area contributed by atoms with Gasteiger partial charge < -0.3 is 14.7 Å². The molecule has 0 amide bonds. The van der Waals surface area contributed by atoms with Crippen molar-refractivity contribution < 1.29 is 21.6 Å². The average Bonchev–Trinajstić information content (AvgIpc) is 2.99. The normalized spacial score (nSPS) is 12.2. The third kappa shape index (κ3) is 3.61. The topological polar surface area (TPSA) is 150 Å². The van der Waals surface area contributed by atoms with E-state index in [2.05, 4.69) is 19.4 Å². The number of aryl methyl sites for hydroxylation is 1. The second-order valence-electron chi connectivity index (χ2n) is 5.92. The van der Waals surface area contributed by atoms with Crippen LogP contribution in [0.25, 0.3) is 11.0 Å². The van der Waals surface area contributed by atoms with Gasteiger partial charge in [0.15, 0.2) is 0 Å². The Morgan fingerprint density at radius 2 is 1.61 bits per heavy atom. The number of fused-ring (bicyclic) bond motifs is 1. The van der Waals surface area contributed by atoms with Gasteiger partial charge in [0.25, 0.3) is 10.0 Å².